The maximum Gasteiger partial charge on any atom is 2.00 e. The summed E-state index contributed by atoms with van der Waals surface area (Å²) in [6.07, 6.45) is 36.6. The van der Waals surface area contributed by atoms with Gasteiger partial charge in [-0.1, -0.05) is 167 Å². The van der Waals surface area contributed by atoms with Crippen molar-refractivity contribution in [2.75, 3.05) is 132 Å². The second kappa shape index (κ2) is 110. The van der Waals surface area contributed by atoms with E-state index < -0.39 is 79.2 Å². The topological polar surface area (TPSA) is 632 Å². The van der Waals surface area contributed by atoms with Crippen LogP contribution in [0.25, 0.3) is 0 Å². The molecule has 123 heavy (non-hydrogen) atoms. The van der Waals surface area contributed by atoms with Crippen molar-refractivity contribution in [1.29, 1.82) is 0 Å². The van der Waals surface area contributed by atoms with E-state index in [9.17, 15) is 83.9 Å². The van der Waals surface area contributed by atoms with Crippen LogP contribution in [-0.2, 0) is 67.0 Å². The van der Waals surface area contributed by atoms with Gasteiger partial charge in [0.25, 0.3) is 0 Å². The number of urea groups is 2. The summed E-state index contributed by atoms with van der Waals surface area (Å²) in [6, 6.07) is -4.45. The molecule has 0 aliphatic carbocycles. The molecule has 1 rings (SSSR count). The summed E-state index contributed by atoms with van der Waals surface area (Å²) in [6.45, 7) is 10.8. The summed E-state index contributed by atoms with van der Waals surface area (Å²) < 4.78 is 11.2. The van der Waals surface area contributed by atoms with Crippen LogP contribution in [0.3, 0.4) is 0 Å². The SMILES string of the molecule is CN1CCN(C)CCN(CC(=O)NCCCCCCCCCCCCCCCCCOCCC(=O)NCCCC[C@H](NC(=O)N[C@@H](CCC(=O)[O-])[NH2+][O-])C(=O)[O-])CCN(CC(=O)O)CC1.NCCCCCCCCCCCCCCCCCOCCC(=O)NCCCC[C@H](NC(=O)N[C@@H](CCC(=O)[O-])[NH2+][O-])C(=O)[O-].O=C=O.O=C=O.[Ca+2].[Ca+2].[Na+].[Na+].[Na+].[Na+].[OH-].[OH-]. The third-order valence-electron chi connectivity index (χ3n) is 19.1. The van der Waals surface area contributed by atoms with Crippen molar-refractivity contribution in [2.24, 2.45) is 5.73 Å². The zero-order valence-corrected chi connectivity index (χ0v) is 87.9. The normalized spacial score (nSPS) is 13.0. The summed E-state index contributed by atoms with van der Waals surface area (Å²) in [7, 11) is 4.18. The smallest absolute Gasteiger partial charge is 0.870 e. The van der Waals surface area contributed by atoms with E-state index in [1.807, 2.05) is 4.90 Å². The van der Waals surface area contributed by atoms with E-state index >= 15 is 0 Å². The second-order valence-electron chi connectivity index (χ2n) is 29.2. The number of rotatable bonds is 69. The number of carboxylic acid groups (broad SMARTS) is 5. The quantitative estimate of drug-likeness (QED) is 0.0117. The van der Waals surface area contributed by atoms with Gasteiger partial charge in [0.15, 0.2) is 12.3 Å². The molecular formula is C78H146Ca2N14Na4O25+2. The Morgan fingerprint density at radius 2 is 0.634 bits per heavy atom. The molecule has 16 N–H and O–H groups in total. The Morgan fingerprint density at radius 1 is 0.374 bits per heavy atom. The first-order valence-electron chi connectivity index (χ1n) is 42.0. The van der Waals surface area contributed by atoms with Gasteiger partial charge in [-0.3, -0.25) is 39.6 Å². The van der Waals surface area contributed by atoms with E-state index in [0.717, 1.165) is 84.2 Å². The molecule has 0 bridgehead atoms. The first-order valence-corrected chi connectivity index (χ1v) is 42.0. The molecule has 0 aromatic carbocycles. The third-order valence-corrected chi connectivity index (χ3v) is 19.1. The number of nitrogens with one attached hydrogen (secondary N) is 7. The average Bonchev–Trinajstić information content (AvgIpc) is 0.930. The van der Waals surface area contributed by atoms with Crippen molar-refractivity contribution >= 4 is 147 Å². The molecule has 1 heterocycles. The molecule has 0 saturated carbocycles. The number of carbonyl (C=O) groups excluding carboxylic acids is 13. The molecule has 4 atom stereocenters. The van der Waals surface area contributed by atoms with Gasteiger partial charge in [-0.15, -0.1) is 0 Å². The number of unbranched alkanes of at least 4 members (excludes halogenated alkanes) is 30. The first-order chi connectivity index (χ1) is 55.4. The molecule has 0 unspecified atom stereocenters. The summed E-state index contributed by atoms with van der Waals surface area (Å²) >= 11 is 0. The van der Waals surface area contributed by atoms with E-state index in [0.29, 0.717) is 109 Å². The molecule has 39 nitrogen and oxygen atoms in total. The third kappa shape index (κ3) is 108. The standard InChI is InChI=1S/C45H87N9O11.C31H61N5O8.2CO2.2Ca.4Na.2H2O/c1-51-26-27-52(2)29-31-54(37-43(59)60)33-32-53(30-28-51)36-41(56)47-24-17-14-12-10-8-6-4-3-5-7-9-11-13-15-19-34-65-35-23-40(55)46-25-18-16-20-38(44(61)62)48-45(63)49-39(50-64)21-22-42(57)58;32-22-15-12-10-8-6-4-2-1-3-5-7-9-11-13-17-24-44-25-21-28(37)33-23-16-14-18-26(30(40)41)34-31(42)35-27(36-43)19-20-29(38)39;2*2-1-3;;;;;;;;/h38-39H,3-37,50H2,1-2H3,(H,46,55)(H,47,56)(H,57,58)(H,59,60)(H,61,62)(H2,48,49,63);26-27H,1-25,32,36H2,(H,33,37)(H,38,39)(H,40,41)(H2,34,35,42);;;;;;;;;2*1H2/q;;;;2*+2;4*+1;;/p-6/t38-,39+;26-,27+;;;;;;;;;;/m00........../s1. The number of hydrogen-bond acceptors (Lipinski definition) is 29. The molecule has 1 aliphatic rings. The zero-order valence-electron chi connectivity index (χ0n) is 75.5. The Labute approximate surface area is 878 Å². The van der Waals surface area contributed by atoms with Crippen molar-refractivity contribution < 1.29 is 242 Å². The summed E-state index contributed by atoms with van der Waals surface area (Å²) in [4.78, 5) is 157. The molecule has 0 aromatic rings. The van der Waals surface area contributed by atoms with Gasteiger partial charge in [-0.25, -0.2) is 9.59 Å². The summed E-state index contributed by atoms with van der Waals surface area (Å²) in [5.41, 5.74) is 6.24. The number of quaternary nitrogens is 2. The average molecular weight is 1850 g/mol. The molecule has 684 valence electrons. The van der Waals surface area contributed by atoms with Crippen LogP contribution >= 0.6 is 0 Å². The number of nitrogens with two attached hydrogens (primary N) is 3. The van der Waals surface area contributed by atoms with Crippen LogP contribution < -0.4 is 193 Å². The number of amides is 7. The van der Waals surface area contributed by atoms with Crippen LogP contribution in [-0.4, -0.2) is 340 Å². The number of carbonyl (C=O) groups is 10. The predicted octanol–water partition coefficient (Wildman–Crippen LogP) is -13.9. The molecule has 1 fully saturated rings. The van der Waals surface area contributed by atoms with E-state index in [1.165, 1.54) is 148 Å². The predicted molar refractivity (Wildman–Crippen MR) is 434 cm³/mol. The van der Waals surface area contributed by atoms with Crippen LogP contribution in [0.15, 0.2) is 0 Å². The Bertz CT molecular complexity index is 2580. The van der Waals surface area contributed by atoms with Gasteiger partial charge in [0.1, 0.15) is 0 Å². The van der Waals surface area contributed by atoms with Crippen LogP contribution in [0.1, 0.15) is 270 Å². The van der Waals surface area contributed by atoms with Gasteiger partial charge in [-0.2, -0.15) is 19.2 Å². The van der Waals surface area contributed by atoms with Gasteiger partial charge >= 0.3 is 224 Å². The fourth-order valence-corrected chi connectivity index (χ4v) is 12.2. The van der Waals surface area contributed by atoms with Gasteiger partial charge in [0, 0.05) is 123 Å². The monoisotopic (exact) mass is 1850 g/mol. The molecule has 0 spiro atoms. The number of nitrogens with zero attached hydrogens (tertiary/aromatic N) is 4. The molecule has 1 aliphatic heterocycles. The molecule has 7 amide bonds. The number of likely N-dealkylation sites (N-methyl/N-ethyl adjacent to an activating group) is 2. The minimum Gasteiger partial charge on any atom is -0.870 e. The van der Waals surface area contributed by atoms with Crippen molar-refractivity contribution in [3.05, 3.63) is 10.4 Å². The van der Waals surface area contributed by atoms with Crippen LogP contribution in [0.2, 0.25) is 0 Å². The van der Waals surface area contributed by atoms with Crippen molar-refractivity contribution in [1.82, 2.24) is 56.8 Å². The Balaban J connectivity index is -0.000000211. The van der Waals surface area contributed by atoms with Crippen LogP contribution in [0.4, 0.5) is 9.59 Å². The van der Waals surface area contributed by atoms with Crippen LogP contribution in [0.5, 0.6) is 0 Å². The van der Waals surface area contributed by atoms with Crippen LogP contribution in [0, 0.1) is 10.4 Å². The molecule has 0 aromatic heterocycles. The molecule has 45 heteroatoms. The van der Waals surface area contributed by atoms with Crippen molar-refractivity contribution in [3.8, 4) is 0 Å². The Kier molecular flexibility index (Phi) is 129. The maximum absolute atomic E-state index is 12.8. The van der Waals surface area contributed by atoms with E-state index in [1.54, 1.807) is 0 Å². The van der Waals surface area contributed by atoms with Gasteiger partial charge in [-0.05, 0) is 97.7 Å². The number of ether oxygens (including phenoxy) is 2. The number of hydrogen-bond donors (Lipinski definition) is 11. The molecule has 0 radical (unpaired) electrons. The van der Waals surface area contributed by atoms with Crippen molar-refractivity contribution in [3.63, 3.8) is 0 Å². The number of carboxylic acids is 5. The van der Waals surface area contributed by atoms with Gasteiger partial charge < -0.3 is 129 Å². The van der Waals surface area contributed by atoms with E-state index in [4.69, 9.17) is 34.4 Å². The Morgan fingerprint density at radius 3 is 0.919 bits per heavy atom. The molecule has 1 saturated heterocycles. The maximum atomic E-state index is 12.8. The minimum absolute atomic E-state index is 0. The fourth-order valence-electron chi connectivity index (χ4n) is 12.2. The first kappa shape index (κ1) is 145. The summed E-state index contributed by atoms with van der Waals surface area (Å²) in [5, 5.41) is 92.6. The second-order valence-corrected chi connectivity index (χ2v) is 29.2. The van der Waals surface area contributed by atoms with E-state index in [2.05, 4.69) is 66.0 Å². The zero-order chi connectivity index (χ0) is 86.0. The summed E-state index contributed by atoms with van der Waals surface area (Å²) in [5.74, 6) is -6.80. The van der Waals surface area contributed by atoms with Crippen molar-refractivity contribution in [2.45, 2.75) is 294 Å². The van der Waals surface area contributed by atoms with E-state index in [-0.39, 0.29) is 280 Å². The van der Waals surface area contributed by atoms with Gasteiger partial charge in [0.05, 0.1) is 50.3 Å². The molecular weight excluding hydrogens is 1710 g/mol. The largest absolute Gasteiger partial charge is 2.00 e. The van der Waals surface area contributed by atoms with Gasteiger partial charge in [0.2, 0.25) is 17.7 Å². The number of aliphatic carboxylic acids is 5. The fraction of sp³-hybridized carbons (Fsp3) is 0.846. The Hall–Kier alpha value is -0.941. The number of hydroxylamine groups is 2. The minimum atomic E-state index is -1.50.